The van der Waals surface area contributed by atoms with Gasteiger partial charge in [0.1, 0.15) is 0 Å². The van der Waals surface area contributed by atoms with Crippen molar-refractivity contribution in [3.8, 4) is 0 Å². The Hall–Kier alpha value is -1.24. The van der Waals surface area contributed by atoms with Gasteiger partial charge in [0, 0.05) is 23.4 Å². The van der Waals surface area contributed by atoms with Crippen molar-refractivity contribution in [2.75, 3.05) is 12.7 Å². The molecule has 32 heavy (non-hydrogen) atoms. The second-order valence-electron chi connectivity index (χ2n) is 10.5. The molecule has 0 unspecified atom stereocenters. The Morgan fingerprint density at radius 2 is 2.06 bits per heavy atom. The van der Waals surface area contributed by atoms with Gasteiger partial charge in [-0.3, -0.25) is 4.79 Å². The first-order valence-corrected chi connectivity index (χ1v) is 12.2. The summed E-state index contributed by atoms with van der Waals surface area (Å²) in [5, 5.41) is 11.4. The normalized spacial score (nSPS) is 47.3. The Balaban J connectivity index is 1.82. The van der Waals surface area contributed by atoms with Crippen LogP contribution < -0.4 is 0 Å². The first-order chi connectivity index (χ1) is 15.0. The second-order valence-corrected chi connectivity index (χ2v) is 10.7. The molecule has 1 N–H and O–H groups in total. The van der Waals surface area contributed by atoms with Crippen LogP contribution in [0.3, 0.4) is 0 Å². The highest BCUT2D eigenvalue weighted by atomic mass is 35.5. The fourth-order valence-electron chi connectivity index (χ4n) is 7.75. The third-order valence-electron chi connectivity index (χ3n) is 9.20. The SMILES string of the molecule is CCCO[C@]1(C(=O)OCCl)[C@H](C)C[C@H]2[C@@H]3CCC4=CC(=O)C=C[C@]4(C)[C@@]3(F)[C@@H](O)C[C@@]21C. The van der Waals surface area contributed by atoms with E-state index >= 15 is 4.39 Å². The molecule has 0 radical (unpaired) electrons. The molecule has 8 atom stereocenters. The zero-order valence-electron chi connectivity index (χ0n) is 19.3. The minimum absolute atomic E-state index is 0.0702. The molecule has 0 aromatic rings. The standard InChI is InChI=1S/C25H34ClFO5/c1-5-10-32-25(21(30)31-14-26)15(2)11-19-18-7-6-16-12-17(28)8-9-22(16,3)24(18,27)20(29)13-23(19,25)4/h8-9,12,15,18-20,29H,5-7,10-11,13-14H2,1-4H3/t15-,18+,19+,20+,22+,23+,24+,25+/m1/s1. The molecule has 3 saturated carbocycles. The maximum atomic E-state index is 17.2. The summed E-state index contributed by atoms with van der Waals surface area (Å²) in [6.45, 7) is 8.02. The molecule has 4 rings (SSSR count). The molecule has 0 amide bonds. The molecule has 0 heterocycles. The lowest BCUT2D eigenvalue weighted by Crippen LogP contribution is -2.69. The Morgan fingerprint density at radius 1 is 1.34 bits per heavy atom. The highest BCUT2D eigenvalue weighted by molar-refractivity contribution is 6.17. The molecule has 5 nitrogen and oxygen atoms in total. The highest BCUT2D eigenvalue weighted by Crippen LogP contribution is 2.71. The number of halogens is 2. The molecule has 0 aromatic carbocycles. The topological polar surface area (TPSA) is 72.8 Å². The van der Waals surface area contributed by atoms with E-state index in [9.17, 15) is 14.7 Å². The van der Waals surface area contributed by atoms with Crippen molar-refractivity contribution in [1.82, 2.24) is 0 Å². The van der Waals surface area contributed by atoms with Gasteiger partial charge in [-0.05, 0) is 63.0 Å². The van der Waals surface area contributed by atoms with Gasteiger partial charge in [0.2, 0.25) is 0 Å². The molecule has 4 aliphatic rings. The van der Waals surface area contributed by atoms with Crippen LogP contribution in [-0.4, -0.2) is 46.9 Å². The summed E-state index contributed by atoms with van der Waals surface area (Å²) in [6, 6.07) is -0.284. The molecule has 3 fully saturated rings. The fraction of sp³-hybridized carbons (Fsp3) is 0.760. The molecular formula is C25H34ClFO5. The van der Waals surface area contributed by atoms with Crippen molar-refractivity contribution >= 4 is 23.4 Å². The summed E-state index contributed by atoms with van der Waals surface area (Å²) in [5.74, 6) is -1.55. The number of esters is 1. The smallest absolute Gasteiger partial charge is 0.340 e. The summed E-state index contributed by atoms with van der Waals surface area (Å²) in [5.41, 5.74) is -4.35. The van der Waals surface area contributed by atoms with E-state index in [1.54, 1.807) is 13.0 Å². The number of ether oxygens (including phenoxy) is 2. The summed E-state index contributed by atoms with van der Waals surface area (Å²) < 4.78 is 28.8. The molecular weight excluding hydrogens is 435 g/mol. The van der Waals surface area contributed by atoms with Crippen LogP contribution >= 0.6 is 11.6 Å². The molecule has 0 aromatic heterocycles. The van der Waals surface area contributed by atoms with Crippen LogP contribution in [0.4, 0.5) is 4.39 Å². The Kier molecular flexibility index (Phi) is 5.91. The molecule has 0 saturated heterocycles. The van der Waals surface area contributed by atoms with Gasteiger partial charge in [0.25, 0.3) is 0 Å². The largest absolute Gasteiger partial charge is 0.447 e. The quantitative estimate of drug-likeness (QED) is 0.474. The van der Waals surface area contributed by atoms with Crippen LogP contribution in [0.25, 0.3) is 0 Å². The van der Waals surface area contributed by atoms with Gasteiger partial charge < -0.3 is 14.6 Å². The summed E-state index contributed by atoms with van der Waals surface area (Å²) >= 11 is 5.76. The average Bonchev–Trinajstić information content (AvgIpc) is 2.95. The number of alkyl halides is 2. The lowest BCUT2D eigenvalue weighted by molar-refractivity contribution is -0.237. The second kappa shape index (κ2) is 7.92. The third-order valence-corrected chi connectivity index (χ3v) is 9.31. The van der Waals surface area contributed by atoms with Gasteiger partial charge in [-0.15, -0.1) is 0 Å². The fourth-order valence-corrected chi connectivity index (χ4v) is 7.85. The molecule has 178 valence electrons. The number of carbonyl (C=O) groups excluding carboxylic acids is 2. The maximum absolute atomic E-state index is 17.2. The number of ketones is 1. The van der Waals surface area contributed by atoms with Crippen LogP contribution in [0.1, 0.15) is 59.8 Å². The highest BCUT2D eigenvalue weighted by Gasteiger charge is 2.77. The number of hydrogen-bond acceptors (Lipinski definition) is 5. The van der Waals surface area contributed by atoms with E-state index in [1.165, 1.54) is 12.2 Å². The van der Waals surface area contributed by atoms with E-state index in [1.807, 2.05) is 20.8 Å². The Morgan fingerprint density at radius 3 is 2.72 bits per heavy atom. The van der Waals surface area contributed by atoms with E-state index in [0.29, 0.717) is 32.3 Å². The van der Waals surface area contributed by atoms with Crippen molar-refractivity contribution in [2.24, 2.45) is 28.6 Å². The van der Waals surface area contributed by atoms with Crippen LogP contribution in [0.15, 0.2) is 23.8 Å². The molecule has 4 aliphatic carbocycles. The summed E-state index contributed by atoms with van der Waals surface area (Å²) in [7, 11) is 0. The lowest BCUT2D eigenvalue weighted by atomic mass is 9.44. The van der Waals surface area contributed by atoms with Crippen molar-refractivity contribution < 1.29 is 28.6 Å². The average molecular weight is 469 g/mol. The summed E-state index contributed by atoms with van der Waals surface area (Å²) in [4.78, 5) is 25.3. The van der Waals surface area contributed by atoms with Gasteiger partial charge >= 0.3 is 5.97 Å². The number of aliphatic hydroxyl groups is 1. The van der Waals surface area contributed by atoms with E-state index in [2.05, 4.69) is 0 Å². The number of aliphatic hydroxyl groups excluding tert-OH is 1. The number of hydrogen-bond donors (Lipinski definition) is 1. The predicted octanol–water partition coefficient (Wildman–Crippen LogP) is 4.51. The van der Waals surface area contributed by atoms with E-state index in [0.717, 1.165) is 5.57 Å². The third kappa shape index (κ3) is 2.81. The number of carbonyl (C=O) groups is 2. The van der Waals surface area contributed by atoms with E-state index < -0.39 is 40.1 Å². The number of rotatable bonds is 5. The van der Waals surface area contributed by atoms with Crippen LogP contribution in [-0.2, 0) is 19.1 Å². The monoisotopic (exact) mass is 468 g/mol. The predicted molar refractivity (Wildman–Crippen MR) is 119 cm³/mol. The van der Waals surface area contributed by atoms with Crippen molar-refractivity contribution in [3.05, 3.63) is 23.8 Å². The van der Waals surface area contributed by atoms with Crippen molar-refractivity contribution in [3.63, 3.8) is 0 Å². The number of fused-ring (bicyclic) bond motifs is 5. The Bertz CT molecular complexity index is 872. The molecule has 0 bridgehead atoms. The number of allylic oxidation sites excluding steroid dienone is 4. The zero-order valence-corrected chi connectivity index (χ0v) is 20.1. The van der Waals surface area contributed by atoms with Crippen LogP contribution in [0.5, 0.6) is 0 Å². The molecule has 0 aliphatic heterocycles. The molecule has 7 heteroatoms. The van der Waals surface area contributed by atoms with E-state index in [-0.39, 0.29) is 30.1 Å². The van der Waals surface area contributed by atoms with Crippen molar-refractivity contribution in [2.45, 2.75) is 77.2 Å². The van der Waals surface area contributed by atoms with Gasteiger partial charge in [-0.1, -0.05) is 44.0 Å². The first kappa shape index (κ1) is 23.9. The minimum Gasteiger partial charge on any atom is -0.447 e. The maximum Gasteiger partial charge on any atom is 0.340 e. The Labute approximate surface area is 194 Å². The van der Waals surface area contributed by atoms with Gasteiger partial charge in [-0.2, -0.15) is 0 Å². The van der Waals surface area contributed by atoms with Gasteiger partial charge in [0.05, 0.1) is 6.10 Å². The first-order valence-electron chi connectivity index (χ1n) is 11.7. The van der Waals surface area contributed by atoms with Crippen LogP contribution in [0, 0.1) is 28.6 Å². The van der Waals surface area contributed by atoms with Gasteiger partial charge in [0.15, 0.2) is 23.1 Å². The van der Waals surface area contributed by atoms with Gasteiger partial charge in [-0.25, -0.2) is 9.18 Å². The van der Waals surface area contributed by atoms with Crippen molar-refractivity contribution in [1.29, 1.82) is 0 Å². The molecule has 0 spiro atoms. The van der Waals surface area contributed by atoms with Crippen LogP contribution in [0.2, 0.25) is 0 Å². The minimum atomic E-state index is -1.94. The lowest BCUT2D eigenvalue weighted by Gasteiger charge is -2.62. The van der Waals surface area contributed by atoms with E-state index in [4.69, 9.17) is 21.1 Å². The summed E-state index contributed by atoms with van der Waals surface area (Å²) in [6.07, 6.45) is 5.75. The zero-order chi connectivity index (χ0) is 23.5.